The molecule has 0 fully saturated rings. The Hall–Kier alpha value is -0.850. The van der Waals surface area contributed by atoms with Crippen molar-refractivity contribution in [2.75, 3.05) is 19.8 Å². The molecule has 0 aromatic rings. The van der Waals surface area contributed by atoms with Crippen LogP contribution >= 0.6 is 0 Å². The molecule has 3 nitrogen and oxygen atoms in total. The Labute approximate surface area is 78.5 Å². The van der Waals surface area contributed by atoms with Crippen LogP contribution in [0.4, 0.5) is 17.6 Å². The van der Waals surface area contributed by atoms with Crippen LogP contribution < -0.4 is 0 Å². The van der Waals surface area contributed by atoms with Crippen molar-refractivity contribution in [3.05, 3.63) is 0 Å². The zero-order valence-corrected chi connectivity index (χ0v) is 7.53. The van der Waals surface area contributed by atoms with Gasteiger partial charge in [0.1, 0.15) is 13.2 Å². The number of hydrogen-bond donors (Lipinski definition) is 1. The van der Waals surface area contributed by atoms with Crippen molar-refractivity contribution in [2.24, 2.45) is 0 Å². The third kappa shape index (κ3) is 5.00. The number of alkyl halides is 4. The molecular weight excluding hydrogens is 206 g/mol. The van der Waals surface area contributed by atoms with E-state index in [4.69, 9.17) is 5.41 Å². The second kappa shape index (κ2) is 5.79. The maximum Gasteiger partial charge on any atom is 0.330 e. The molecular formula is C7H11F4NO2. The van der Waals surface area contributed by atoms with Crippen molar-refractivity contribution in [1.29, 1.82) is 5.41 Å². The van der Waals surface area contributed by atoms with Crippen LogP contribution in [-0.4, -0.2) is 38.1 Å². The van der Waals surface area contributed by atoms with Crippen LogP contribution in [-0.2, 0) is 9.47 Å². The highest BCUT2D eigenvalue weighted by Crippen LogP contribution is 2.22. The van der Waals surface area contributed by atoms with E-state index in [0.717, 1.165) is 0 Å². The predicted molar refractivity (Wildman–Crippen MR) is 41.1 cm³/mol. The first-order chi connectivity index (χ1) is 6.40. The lowest BCUT2D eigenvalue weighted by molar-refractivity contribution is -0.163. The molecule has 0 radical (unpaired) electrons. The van der Waals surface area contributed by atoms with Crippen LogP contribution in [0.15, 0.2) is 0 Å². The van der Waals surface area contributed by atoms with E-state index in [1.54, 1.807) is 6.92 Å². The zero-order chi connectivity index (χ0) is 11.2. The smallest absolute Gasteiger partial charge is 0.330 e. The van der Waals surface area contributed by atoms with Gasteiger partial charge in [-0.25, -0.2) is 8.78 Å². The van der Waals surface area contributed by atoms with Crippen LogP contribution in [0.2, 0.25) is 0 Å². The lowest BCUT2D eigenvalue weighted by Crippen LogP contribution is -2.33. The normalized spacial score (nSPS) is 11.9. The van der Waals surface area contributed by atoms with E-state index in [9.17, 15) is 17.6 Å². The van der Waals surface area contributed by atoms with Crippen LogP contribution in [0.1, 0.15) is 6.92 Å². The molecule has 84 valence electrons. The van der Waals surface area contributed by atoms with Gasteiger partial charge in [-0.3, -0.25) is 5.41 Å². The molecule has 1 N–H and O–H groups in total. The Balaban J connectivity index is 3.68. The maximum atomic E-state index is 12.2. The second-order valence-electron chi connectivity index (χ2n) is 2.41. The van der Waals surface area contributed by atoms with Crippen LogP contribution in [0.3, 0.4) is 0 Å². The van der Waals surface area contributed by atoms with E-state index >= 15 is 0 Å². The van der Waals surface area contributed by atoms with E-state index in [1.165, 1.54) is 0 Å². The monoisotopic (exact) mass is 217 g/mol. The molecule has 7 heteroatoms. The summed E-state index contributed by atoms with van der Waals surface area (Å²) in [5, 5.41) is 6.92. The molecule has 14 heavy (non-hydrogen) atoms. The summed E-state index contributed by atoms with van der Waals surface area (Å²) in [7, 11) is 0. The zero-order valence-electron chi connectivity index (χ0n) is 7.53. The molecule has 0 saturated carbocycles. The fourth-order valence-corrected chi connectivity index (χ4v) is 0.559. The highest BCUT2D eigenvalue weighted by Gasteiger charge is 2.40. The summed E-state index contributed by atoms with van der Waals surface area (Å²) in [6, 6.07) is 0. The number of rotatable bonds is 6. The van der Waals surface area contributed by atoms with E-state index in [2.05, 4.69) is 9.47 Å². The molecule has 0 atom stereocenters. The van der Waals surface area contributed by atoms with Gasteiger partial charge in [0, 0.05) is 0 Å². The molecule has 0 spiro atoms. The first-order valence-corrected chi connectivity index (χ1v) is 3.84. The molecule has 0 aliphatic heterocycles. The predicted octanol–water partition coefficient (Wildman–Crippen LogP) is 1.92. The minimum Gasteiger partial charge on any atom is -0.480 e. The van der Waals surface area contributed by atoms with Crippen molar-refractivity contribution >= 4 is 5.90 Å². The van der Waals surface area contributed by atoms with Crippen molar-refractivity contribution in [3.63, 3.8) is 0 Å². The van der Waals surface area contributed by atoms with Crippen LogP contribution in [0, 0.1) is 5.41 Å². The fourth-order valence-electron chi connectivity index (χ4n) is 0.559. The SMILES string of the molecule is CCOC(=N)COCC(F)(F)C(F)F. The van der Waals surface area contributed by atoms with Crippen molar-refractivity contribution in [1.82, 2.24) is 0 Å². The average molecular weight is 217 g/mol. The Morgan fingerprint density at radius 3 is 2.43 bits per heavy atom. The second-order valence-corrected chi connectivity index (χ2v) is 2.41. The Morgan fingerprint density at radius 1 is 1.43 bits per heavy atom. The number of nitrogens with one attached hydrogen (secondary N) is 1. The summed E-state index contributed by atoms with van der Waals surface area (Å²) < 4.78 is 56.3. The van der Waals surface area contributed by atoms with Gasteiger partial charge >= 0.3 is 12.3 Å². The molecule has 0 heterocycles. The Bertz CT molecular complexity index is 187. The summed E-state index contributed by atoms with van der Waals surface area (Å²) in [6.07, 6.45) is -3.76. The van der Waals surface area contributed by atoms with Gasteiger partial charge in [0.25, 0.3) is 0 Å². The van der Waals surface area contributed by atoms with Gasteiger partial charge in [-0.05, 0) is 6.92 Å². The molecule has 0 aliphatic rings. The summed E-state index contributed by atoms with van der Waals surface area (Å²) in [5.74, 6) is -4.54. The third-order valence-electron chi connectivity index (χ3n) is 1.17. The van der Waals surface area contributed by atoms with Crippen molar-refractivity contribution in [2.45, 2.75) is 19.3 Å². The van der Waals surface area contributed by atoms with Crippen LogP contribution in [0.25, 0.3) is 0 Å². The first-order valence-electron chi connectivity index (χ1n) is 3.84. The number of halogens is 4. The average Bonchev–Trinajstić information content (AvgIpc) is 2.04. The Kier molecular flexibility index (Phi) is 5.44. The summed E-state index contributed by atoms with van der Waals surface area (Å²) in [5.41, 5.74) is 0. The van der Waals surface area contributed by atoms with E-state index in [-0.39, 0.29) is 12.5 Å². The van der Waals surface area contributed by atoms with Gasteiger partial charge in [-0.15, -0.1) is 0 Å². The standard InChI is InChI=1S/C7H11F4NO2/c1-2-14-5(12)3-13-4-7(10,11)6(8)9/h6,12H,2-4H2,1H3. The quantitative estimate of drug-likeness (QED) is 0.419. The molecule has 0 aromatic heterocycles. The largest absolute Gasteiger partial charge is 0.480 e. The highest BCUT2D eigenvalue weighted by molar-refractivity contribution is 5.73. The molecule has 0 unspecified atom stereocenters. The first kappa shape index (κ1) is 13.2. The minimum absolute atomic E-state index is 0.202. The summed E-state index contributed by atoms with van der Waals surface area (Å²) >= 11 is 0. The lowest BCUT2D eigenvalue weighted by Gasteiger charge is -2.15. The third-order valence-corrected chi connectivity index (χ3v) is 1.17. The summed E-state index contributed by atoms with van der Waals surface area (Å²) in [6.45, 7) is -0.147. The van der Waals surface area contributed by atoms with E-state index in [1.807, 2.05) is 0 Å². The molecule has 0 aliphatic carbocycles. The van der Waals surface area contributed by atoms with Gasteiger partial charge in [-0.1, -0.05) is 0 Å². The summed E-state index contributed by atoms with van der Waals surface area (Å²) in [4.78, 5) is 0. The van der Waals surface area contributed by atoms with E-state index < -0.39 is 25.6 Å². The molecule has 0 rings (SSSR count). The molecule has 0 aromatic carbocycles. The minimum atomic E-state index is -4.17. The topological polar surface area (TPSA) is 42.3 Å². The van der Waals surface area contributed by atoms with Crippen molar-refractivity contribution < 1.29 is 27.0 Å². The van der Waals surface area contributed by atoms with Gasteiger partial charge in [-0.2, -0.15) is 8.78 Å². The van der Waals surface area contributed by atoms with Crippen molar-refractivity contribution in [3.8, 4) is 0 Å². The number of ether oxygens (including phenoxy) is 2. The highest BCUT2D eigenvalue weighted by atomic mass is 19.3. The lowest BCUT2D eigenvalue weighted by atomic mass is 10.4. The van der Waals surface area contributed by atoms with Gasteiger partial charge < -0.3 is 9.47 Å². The molecule has 0 saturated heterocycles. The van der Waals surface area contributed by atoms with Crippen LogP contribution in [0.5, 0.6) is 0 Å². The van der Waals surface area contributed by atoms with Gasteiger partial charge in [0.05, 0.1) is 6.61 Å². The van der Waals surface area contributed by atoms with Gasteiger partial charge in [0.2, 0.25) is 5.90 Å². The number of hydrogen-bond acceptors (Lipinski definition) is 3. The fraction of sp³-hybridized carbons (Fsp3) is 0.857. The molecule has 0 bridgehead atoms. The maximum absolute atomic E-state index is 12.2. The van der Waals surface area contributed by atoms with Gasteiger partial charge in [0.15, 0.2) is 0 Å². The molecule has 0 amide bonds. The Morgan fingerprint density at radius 2 is 2.00 bits per heavy atom. The van der Waals surface area contributed by atoms with E-state index in [0.29, 0.717) is 0 Å².